The first-order valence-corrected chi connectivity index (χ1v) is 8.15. The molecule has 1 heterocycles. The summed E-state index contributed by atoms with van der Waals surface area (Å²) in [6, 6.07) is 0. The second kappa shape index (κ2) is 9.38. The van der Waals surface area contributed by atoms with Gasteiger partial charge in [0, 0.05) is 13.5 Å². The predicted molar refractivity (Wildman–Crippen MR) is 85.9 cm³/mol. The Balaban J connectivity index is 0.000000396. The summed E-state index contributed by atoms with van der Waals surface area (Å²) in [7, 11) is 0. The number of ether oxygens (including phenoxy) is 1. The number of carbonyl (C=O) groups is 1. The monoisotopic (exact) mass is 285 g/mol. The van der Waals surface area contributed by atoms with Crippen LogP contribution in [-0.4, -0.2) is 24.7 Å². The maximum absolute atomic E-state index is 10.2. The van der Waals surface area contributed by atoms with Gasteiger partial charge in [0.1, 0.15) is 5.60 Å². The molecule has 3 heteroatoms. The number of hydrogen-bond donors (Lipinski definition) is 1. The number of unbranched alkanes of at least 4 members (excludes halogenated alkanes) is 1. The van der Waals surface area contributed by atoms with E-state index in [1.165, 1.54) is 58.5 Å². The maximum atomic E-state index is 10.2. The minimum Gasteiger partial charge on any atom is -0.460 e. The molecule has 1 atom stereocenters. The number of nitrogens with one attached hydrogen (secondary N) is 1. The summed E-state index contributed by atoms with van der Waals surface area (Å²) < 4.78 is 4.80. The fraction of sp³-hybridized carbons (Fsp3) is 0.941. The van der Waals surface area contributed by atoms with Crippen molar-refractivity contribution in [2.45, 2.75) is 85.7 Å². The lowest BCUT2D eigenvalue weighted by molar-refractivity contribution is -0.151. The summed E-state index contributed by atoms with van der Waals surface area (Å²) in [4.78, 5) is 10.2. The van der Waals surface area contributed by atoms with Crippen LogP contribution in [0, 0.1) is 5.41 Å². The highest BCUT2D eigenvalue weighted by Crippen LogP contribution is 2.36. The maximum Gasteiger partial charge on any atom is 0.303 e. The molecule has 120 valence electrons. The van der Waals surface area contributed by atoms with E-state index < -0.39 is 0 Å². The highest BCUT2D eigenvalue weighted by atomic mass is 16.6. The van der Waals surface area contributed by atoms with E-state index in [1.807, 2.05) is 20.8 Å². The third-order valence-corrected chi connectivity index (χ3v) is 3.62. The van der Waals surface area contributed by atoms with E-state index in [0.29, 0.717) is 5.41 Å². The molecule has 1 saturated heterocycles. The summed E-state index contributed by atoms with van der Waals surface area (Å²) in [5, 5.41) is 3.51. The summed E-state index contributed by atoms with van der Waals surface area (Å²) in [5.41, 5.74) is 0.358. The van der Waals surface area contributed by atoms with Gasteiger partial charge < -0.3 is 10.1 Å². The van der Waals surface area contributed by atoms with Crippen molar-refractivity contribution in [1.82, 2.24) is 5.32 Å². The lowest BCUT2D eigenvalue weighted by atomic mass is 9.78. The third-order valence-electron chi connectivity index (χ3n) is 3.62. The molecule has 0 aromatic carbocycles. The van der Waals surface area contributed by atoms with Gasteiger partial charge in [-0.25, -0.2) is 0 Å². The van der Waals surface area contributed by atoms with Crippen LogP contribution in [0.2, 0.25) is 0 Å². The lowest BCUT2D eigenvalue weighted by Gasteiger charge is -2.27. The molecule has 0 amide bonds. The average Bonchev–Trinajstić information content (AvgIpc) is 2.73. The molecule has 0 bridgehead atoms. The summed E-state index contributed by atoms with van der Waals surface area (Å²) >= 11 is 0. The summed E-state index contributed by atoms with van der Waals surface area (Å²) in [6.45, 7) is 14.1. The van der Waals surface area contributed by atoms with Crippen molar-refractivity contribution in [3.8, 4) is 0 Å². The van der Waals surface area contributed by atoms with Crippen molar-refractivity contribution < 1.29 is 9.53 Å². The van der Waals surface area contributed by atoms with Crippen LogP contribution >= 0.6 is 0 Å². The van der Waals surface area contributed by atoms with Crippen molar-refractivity contribution in [3.63, 3.8) is 0 Å². The molecular weight excluding hydrogens is 250 g/mol. The zero-order valence-corrected chi connectivity index (χ0v) is 14.5. The standard InChI is InChI=1S/C11H23N.C6H12O2/c1-3-5-7-11(6-4-2)8-9-12-10-11;1-5(7)8-6(2,3)4/h12H,3-10H2,1-2H3;1-4H3. The van der Waals surface area contributed by atoms with Crippen LogP contribution in [0.1, 0.15) is 80.1 Å². The Hall–Kier alpha value is -0.570. The molecule has 1 rings (SSSR count). The molecule has 0 spiro atoms. The fourth-order valence-corrected chi connectivity index (χ4v) is 2.86. The average molecular weight is 285 g/mol. The van der Waals surface area contributed by atoms with Crippen LogP contribution in [0.4, 0.5) is 0 Å². The van der Waals surface area contributed by atoms with Gasteiger partial charge >= 0.3 is 5.97 Å². The highest BCUT2D eigenvalue weighted by molar-refractivity contribution is 5.66. The molecule has 0 aromatic heterocycles. The van der Waals surface area contributed by atoms with Crippen LogP contribution in [0.3, 0.4) is 0 Å². The molecule has 3 nitrogen and oxygen atoms in total. The number of hydrogen-bond acceptors (Lipinski definition) is 3. The van der Waals surface area contributed by atoms with Crippen LogP contribution in [0.5, 0.6) is 0 Å². The molecule has 1 fully saturated rings. The van der Waals surface area contributed by atoms with Crippen LogP contribution in [0.25, 0.3) is 0 Å². The SMILES string of the molecule is CC(=O)OC(C)(C)C.CCCCC1(CCC)CCNC1. The van der Waals surface area contributed by atoms with E-state index in [1.54, 1.807) is 0 Å². The molecular formula is C17H35NO2. The quantitative estimate of drug-likeness (QED) is 0.765. The van der Waals surface area contributed by atoms with Gasteiger partial charge in [-0.05, 0) is 52.0 Å². The van der Waals surface area contributed by atoms with Gasteiger partial charge in [-0.3, -0.25) is 4.79 Å². The molecule has 20 heavy (non-hydrogen) atoms. The molecule has 0 saturated carbocycles. The molecule has 0 aromatic rings. The topological polar surface area (TPSA) is 38.3 Å². The van der Waals surface area contributed by atoms with Crippen molar-refractivity contribution >= 4 is 5.97 Å². The molecule has 1 N–H and O–H groups in total. The summed E-state index contributed by atoms with van der Waals surface area (Å²) in [5.74, 6) is -0.225. The lowest BCUT2D eigenvalue weighted by Crippen LogP contribution is -2.23. The Morgan fingerprint density at radius 3 is 2.15 bits per heavy atom. The number of esters is 1. The van der Waals surface area contributed by atoms with Crippen molar-refractivity contribution in [2.24, 2.45) is 5.41 Å². The summed E-state index contributed by atoms with van der Waals surface area (Å²) in [6.07, 6.45) is 8.42. The Morgan fingerprint density at radius 2 is 1.85 bits per heavy atom. The first kappa shape index (κ1) is 19.4. The van der Waals surface area contributed by atoms with Gasteiger partial charge in [0.05, 0.1) is 0 Å². The normalized spacial score (nSPS) is 22.1. The minimum absolute atomic E-state index is 0.225. The molecule has 0 aliphatic carbocycles. The Morgan fingerprint density at radius 1 is 1.20 bits per heavy atom. The second-order valence-electron chi connectivity index (χ2n) is 6.99. The molecule has 1 aliphatic rings. The Bertz CT molecular complexity index is 263. The van der Waals surface area contributed by atoms with E-state index in [2.05, 4.69) is 19.2 Å². The van der Waals surface area contributed by atoms with Crippen molar-refractivity contribution in [1.29, 1.82) is 0 Å². The Kier molecular flexibility index (Phi) is 9.11. The fourth-order valence-electron chi connectivity index (χ4n) is 2.86. The third kappa shape index (κ3) is 9.35. The molecule has 0 radical (unpaired) electrons. The van der Waals surface area contributed by atoms with Crippen LogP contribution in [0.15, 0.2) is 0 Å². The van der Waals surface area contributed by atoms with E-state index in [4.69, 9.17) is 4.74 Å². The van der Waals surface area contributed by atoms with E-state index >= 15 is 0 Å². The van der Waals surface area contributed by atoms with Gasteiger partial charge in [0.15, 0.2) is 0 Å². The van der Waals surface area contributed by atoms with Crippen molar-refractivity contribution in [3.05, 3.63) is 0 Å². The highest BCUT2D eigenvalue weighted by Gasteiger charge is 2.31. The van der Waals surface area contributed by atoms with Gasteiger partial charge in [-0.2, -0.15) is 0 Å². The Labute approximate surface area is 125 Å². The number of rotatable bonds is 5. The zero-order valence-electron chi connectivity index (χ0n) is 14.5. The molecule has 1 unspecified atom stereocenters. The minimum atomic E-state index is -0.328. The predicted octanol–water partition coefficient (Wildman–Crippen LogP) is 4.30. The first-order chi connectivity index (χ1) is 9.24. The van der Waals surface area contributed by atoms with Gasteiger partial charge in [-0.15, -0.1) is 0 Å². The zero-order chi connectivity index (χ0) is 15.6. The van der Waals surface area contributed by atoms with E-state index in [-0.39, 0.29) is 11.6 Å². The van der Waals surface area contributed by atoms with Gasteiger partial charge in [-0.1, -0.05) is 33.1 Å². The van der Waals surface area contributed by atoms with Crippen LogP contribution in [-0.2, 0) is 9.53 Å². The largest absolute Gasteiger partial charge is 0.460 e. The second-order valence-corrected chi connectivity index (χ2v) is 6.99. The van der Waals surface area contributed by atoms with E-state index in [9.17, 15) is 4.79 Å². The van der Waals surface area contributed by atoms with Gasteiger partial charge in [0.2, 0.25) is 0 Å². The van der Waals surface area contributed by atoms with Crippen molar-refractivity contribution in [2.75, 3.05) is 13.1 Å². The number of carbonyl (C=O) groups excluding carboxylic acids is 1. The van der Waals surface area contributed by atoms with Crippen LogP contribution < -0.4 is 5.32 Å². The smallest absolute Gasteiger partial charge is 0.303 e. The molecule has 1 aliphatic heterocycles. The first-order valence-electron chi connectivity index (χ1n) is 8.15. The van der Waals surface area contributed by atoms with E-state index in [0.717, 1.165) is 0 Å². The van der Waals surface area contributed by atoms with Gasteiger partial charge in [0.25, 0.3) is 0 Å².